The van der Waals surface area contributed by atoms with Gasteiger partial charge < -0.3 is 4.74 Å². The molecular formula is C23H20ClFN6O2. The number of hydrogen-bond acceptors (Lipinski definition) is 6. The van der Waals surface area contributed by atoms with E-state index in [1.165, 1.54) is 16.8 Å². The Morgan fingerprint density at radius 3 is 2.61 bits per heavy atom. The van der Waals surface area contributed by atoms with Gasteiger partial charge in [0, 0.05) is 23.5 Å². The molecule has 3 heterocycles. The van der Waals surface area contributed by atoms with E-state index in [0.717, 1.165) is 0 Å². The molecule has 0 saturated carbocycles. The Balaban J connectivity index is 1.76. The van der Waals surface area contributed by atoms with E-state index in [1.807, 2.05) is 0 Å². The molecule has 4 aromatic rings. The van der Waals surface area contributed by atoms with Gasteiger partial charge in [-0.25, -0.2) is 18.9 Å². The molecule has 1 N–H and O–H groups in total. The van der Waals surface area contributed by atoms with Gasteiger partial charge in [-0.15, -0.1) is 10.2 Å². The second-order valence-electron chi connectivity index (χ2n) is 8.12. The first-order valence-corrected chi connectivity index (χ1v) is 10.4. The lowest BCUT2D eigenvalue weighted by Gasteiger charge is -2.19. The number of halogens is 2. The lowest BCUT2D eigenvalue weighted by molar-refractivity contribution is 0.0635. The van der Waals surface area contributed by atoms with Crippen molar-refractivity contribution in [1.29, 1.82) is 0 Å². The summed E-state index contributed by atoms with van der Waals surface area (Å²) in [6.07, 6.45) is 2.67. The predicted octanol–water partition coefficient (Wildman–Crippen LogP) is 5.53. The Hall–Kier alpha value is -3.85. The quantitative estimate of drug-likeness (QED) is 0.425. The average Bonchev–Trinajstić information content (AvgIpc) is 3.18. The number of carbonyl (C=O) groups excluding carboxylic acids is 1. The minimum atomic E-state index is -0.646. The molecule has 10 heteroatoms. The van der Waals surface area contributed by atoms with Crippen LogP contribution in [0.1, 0.15) is 20.8 Å². The van der Waals surface area contributed by atoms with Gasteiger partial charge in [0.05, 0.1) is 0 Å². The van der Waals surface area contributed by atoms with Crippen LogP contribution in [0.15, 0.2) is 60.9 Å². The van der Waals surface area contributed by atoms with Crippen LogP contribution < -0.4 is 5.32 Å². The van der Waals surface area contributed by atoms with Crippen molar-refractivity contribution in [1.82, 2.24) is 25.0 Å². The zero-order chi connectivity index (χ0) is 23.6. The van der Waals surface area contributed by atoms with Crippen molar-refractivity contribution in [3.05, 3.63) is 71.9 Å². The highest BCUT2D eigenvalue weighted by Crippen LogP contribution is 2.33. The highest BCUT2D eigenvalue weighted by atomic mass is 35.5. The van der Waals surface area contributed by atoms with E-state index in [-0.39, 0.29) is 11.0 Å². The summed E-state index contributed by atoms with van der Waals surface area (Å²) in [5.74, 6) is 0.344. The number of carbonyl (C=O) groups is 1. The second kappa shape index (κ2) is 8.95. The molecule has 4 rings (SSSR count). The van der Waals surface area contributed by atoms with Crippen LogP contribution in [0.5, 0.6) is 0 Å². The maximum absolute atomic E-state index is 14.0. The summed E-state index contributed by atoms with van der Waals surface area (Å²) in [6, 6.07) is 12.8. The number of amides is 1. The van der Waals surface area contributed by atoms with Crippen LogP contribution in [0.25, 0.3) is 28.2 Å². The number of pyridine rings is 1. The molecule has 0 aliphatic rings. The molecule has 3 aromatic heterocycles. The monoisotopic (exact) mass is 466 g/mol. The van der Waals surface area contributed by atoms with Gasteiger partial charge in [-0.2, -0.15) is 5.10 Å². The van der Waals surface area contributed by atoms with Gasteiger partial charge in [0.1, 0.15) is 22.9 Å². The SMILES string of the molecule is CC(C)(C)OC(=O)Nc1cc(-c2cn(-c3ccc(Cl)nn3)nc2-c2cccc(F)c2)ccn1. The third kappa shape index (κ3) is 5.50. The third-order valence-corrected chi connectivity index (χ3v) is 4.57. The second-order valence-corrected chi connectivity index (χ2v) is 8.50. The summed E-state index contributed by atoms with van der Waals surface area (Å²) in [5.41, 5.74) is 1.81. The lowest BCUT2D eigenvalue weighted by atomic mass is 10.0. The maximum atomic E-state index is 14.0. The standard InChI is InChI=1S/C23H20ClFN6O2/c1-23(2,3)33-22(32)27-19-12-14(9-10-26-19)17-13-31(20-8-7-18(24)28-29-20)30-21(17)15-5-4-6-16(25)11-15/h4-13H,1-3H3,(H,26,27,32). The zero-order valence-corrected chi connectivity index (χ0v) is 18.8. The minimum absolute atomic E-state index is 0.253. The first-order chi connectivity index (χ1) is 15.7. The summed E-state index contributed by atoms with van der Waals surface area (Å²) in [7, 11) is 0. The Kier molecular flexibility index (Phi) is 6.06. The van der Waals surface area contributed by atoms with Crippen LogP contribution in [0, 0.1) is 5.82 Å². The van der Waals surface area contributed by atoms with E-state index in [4.69, 9.17) is 16.3 Å². The normalized spacial score (nSPS) is 11.3. The summed E-state index contributed by atoms with van der Waals surface area (Å²) in [4.78, 5) is 16.4. The van der Waals surface area contributed by atoms with Crippen LogP contribution in [0.4, 0.5) is 15.0 Å². The van der Waals surface area contributed by atoms with E-state index >= 15 is 0 Å². The van der Waals surface area contributed by atoms with E-state index in [1.54, 1.807) is 69.6 Å². The fraction of sp³-hybridized carbons (Fsp3) is 0.174. The van der Waals surface area contributed by atoms with E-state index in [2.05, 4.69) is 25.6 Å². The Morgan fingerprint density at radius 1 is 1.09 bits per heavy atom. The molecule has 0 atom stereocenters. The molecular weight excluding hydrogens is 447 g/mol. The molecule has 0 unspecified atom stereocenters. The molecule has 8 nitrogen and oxygen atoms in total. The fourth-order valence-corrected chi connectivity index (χ4v) is 3.16. The van der Waals surface area contributed by atoms with Gasteiger partial charge in [-0.1, -0.05) is 23.7 Å². The van der Waals surface area contributed by atoms with Gasteiger partial charge in [-0.3, -0.25) is 5.32 Å². The lowest BCUT2D eigenvalue weighted by Crippen LogP contribution is -2.27. The van der Waals surface area contributed by atoms with Crippen molar-refractivity contribution in [3.8, 4) is 28.2 Å². The predicted molar refractivity (Wildman–Crippen MR) is 123 cm³/mol. The maximum Gasteiger partial charge on any atom is 0.413 e. The Labute approximate surface area is 194 Å². The number of aromatic nitrogens is 5. The van der Waals surface area contributed by atoms with Gasteiger partial charge in [0.25, 0.3) is 0 Å². The van der Waals surface area contributed by atoms with Crippen molar-refractivity contribution in [3.63, 3.8) is 0 Å². The number of rotatable bonds is 4. The van der Waals surface area contributed by atoms with Crippen molar-refractivity contribution in [2.24, 2.45) is 0 Å². The van der Waals surface area contributed by atoms with Crippen molar-refractivity contribution >= 4 is 23.5 Å². The van der Waals surface area contributed by atoms with Crippen molar-refractivity contribution < 1.29 is 13.9 Å². The Bertz CT molecular complexity index is 1300. The summed E-state index contributed by atoms with van der Waals surface area (Å²) in [6.45, 7) is 5.32. The van der Waals surface area contributed by atoms with Crippen LogP contribution in [-0.4, -0.2) is 36.7 Å². The molecule has 33 heavy (non-hydrogen) atoms. The average molecular weight is 467 g/mol. The molecule has 1 amide bonds. The van der Waals surface area contributed by atoms with Gasteiger partial charge in [0.15, 0.2) is 11.0 Å². The number of anilines is 1. The van der Waals surface area contributed by atoms with E-state index in [9.17, 15) is 9.18 Å². The van der Waals surface area contributed by atoms with Crippen LogP contribution in [-0.2, 0) is 4.74 Å². The number of benzene rings is 1. The molecule has 0 fully saturated rings. The number of ether oxygens (including phenoxy) is 1. The summed E-state index contributed by atoms with van der Waals surface area (Å²) < 4.78 is 20.8. The first-order valence-electron chi connectivity index (χ1n) is 9.99. The highest BCUT2D eigenvalue weighted by Gasteiger charge is 2.19. The smallest absolute Gasteiger partial charge is 0.413 e. The summed E-state index contributed by atoms with van der Waals surface area (Å²) >= 11 is 5.85. The Morgan fingerprint density at radius 2 is 1.91 bits per heavy atom. The van der Waals surface area contributed by atoms with Gasteiger partial charge in [-0.05, 0) is 62.7 Å². The van der Waals surface area contributed by atoms with E-state index in [0.29, 0.717) is 34.0 Å². The zero-order valence-electron chi connectivity index (χ0n) is 18.1. The van der Waals surface area contributed by atoms with Gasteiger partial charge in [0.2, 0.25) is 0 Å². The topological polar surface area (TPSA) is 94.8 Å². The van der Waals surface area contributed by atoms with Crippen LogP contribution >= 0.6 is 11.6 Å². The molecule has 0 aliphatic carbocycles. The number of hydrogen-bond donors (Lipinski definition) is 1. The largest absolute Gasteiger partial charge is 0.444 e. The highest BCUT2D eigenvalue weighted by molar-refractivity contribution is 6.29. The molecule has 0 spiro atoms. The van der Waals surface area contributed by atoms with Crippen LogP contribution in [0.2, 0.25) is 5.15 Å². The van der Waals surface area contributed by atoms with Crippen molar-refractivity contribution in [2.75, 3.05) is 5.32 Å². The molecule has 0 aliphatic heterocycles. The van der Waals surface area contributed by atoms with E-state index < -0.39 is 11.7 Å². The molecule has 0 radical (unpaired) electrons. The van der Waals surface area contributed by atoms with Crippen molar-refractivity contribution in [2.45, 2.75) is 26.4 Å². The fourth-order valence-electron chi connectivity index (χ4n) is 3.06. The van der Waals surface area contributed by atoms with Gasteiger partial charge >= 0.3 is 6.09 Å². The molecule has 1 aromatic carbocycles. The number of nitrogens with zero attached hydrogens (tertiary/aromatic N) is 5. The third-order valence-electron chi connectivity index (χ3n) is 4.36. The number of nitrogens with one attached hydrogen (secondary N) is 1. The molecule has 0 saturated heterocycles. The van der Waals surface area contributed by atoms with Crippen LogP contribution in [0.3, 0.4) is 0 Å². The molecule has 168 valence electrons. The molecule has 0 bridgehead atoms. The minimum Gasteiger partial charge on any atom is -0.444 e. The summed E-state index contributed by atoms with van der Waals surface area (Å²) in [5, 5.41) is 15.4. The first kappa shape index (κ1) is 22.3.